The number of phenolic OH excluding ortho intramolecular Hbond substituents is 1. The van der Waals surface area contributed by atoms with Crippen LogP contribution in [0.5, 0.6) is 11.5 Å². The molecule has 0 saturated carbocycles. The molecule has 4 nitrogen and oxygen atoms in total. The van der Waals surface area contributed by atoms with Crippen LogP contribution < -0.4 is 4.74 Å². The summed E-state index contributed by atoms with van der Waals surface area (Å²) in [6.45, 7) is 4.03. The molecule has 0 aliphatic carbocycles. The molecular formula is C15H18O4. The van der Waals surface area contributed by atoms with Crippen molar-refractivity contribution in [1.29, 1.82) is 0 Å². The Bertz CT molecular complexity index is 517. The molecule has 1 N–H and O–H groups in total. The molecule has 0 bridgehead atoms. The van der Waals surface area contributed by atoms with Gasteiger partial charge in [-0.2, -0.15) is 0 Å². The summed E-state index contributed by atoms with van der Waals surface area (Å²) in [5.41, 5.74) is 1.45. The van der Waals surface area contributed by atoms with Crippen LogP contribution in [-0.2, 0) is 16.0 Å². The third kappa shape index (κ3) is 2.96. The van der Waals surface area contributed by atoms with E-state index in [1.807, 2.05) is 19.9 Å². The Morgan fingerprint density at radius 1 is 1.47 bits per heavy atom. The maximum Gasteiger partial charge on any atom is 0.161 e. The van der Waals surface area contributed by atoms with E-state index in [1.54, 1.807) is 12.1 Å². The lowest BCUT2D eigenvalue weighted by Gasteiger charge is -2.10. The number of phenols is 1. The molecule has 102 valence electrons. The predicted octanol–water partition coefficient (Wildman–Crippen LogP) is 2.33. The number of aldehydes is 1. The molecule has 1 fully saturated rings. The van der Waals surface area contributed by atoms with E-state index < -0.39 is 0 Å². The van der Waals surface area contributed by atoms with Crippen LogP contribution in [0.4, 0.5) is 0 Å². The summed E-state index contributed by atoms with van der Waals surface area (Å²) in [6, 6.07) is 3.54. The third-order valence-corrected chi connectivity index (χ3v) is 3.33. The van der Waals surface area contributed by atoms with Crippen molar-refractivity contribution >= 4 is 12.4 Å². The highest BCUT2D eigenvalue weighted by molar-refractivity contribution is 5.74. The first-order valence-corrected chi connectivity index (χ1v) is 6.17. The second kappa shape index (κ2) is 5.05. The zero-order valence-electron chi connectivity index (χ0n) is 11.3. The van der Waals surface area contributed by atoms with Crippen molar-refractivity contribution in [2.45, 2.75) is 32.0 Å². The van der Waals surface area contributed by atoms with E-state index in [0.717, 1.165) is 11.1 Å². The first kappa shape index (κ1) is 13.6. The Morgan fingerprint density at radius 2 is 2.16 bits per heavy atom. The molecule has 0 aromatic heterocycles. The number of benzene rings is 1. The zero-order chi connectivity index (χ0) is 14.0. The van der Waals surface area contributed by atoms with Crippen molar-refractivity contribution < 1.29 is 19.4 Å². The molecule has 19 heavy (non-hydrogen) atoms. The largest absolute Gasteiger partial charge is 0.504 e. The molecule has 4 heteroatoms. The number of aromatic hydroxyl groups is 1. The molecule has 0 spiro atoms. The highest BCUT2D eigenvalue weighted by Gasteiger charge is 2.47. The topological polar surface area (TPSA) is 59.1 Å². The fraction of sp³-hybridized carbons (Fsp3) is 0.400. The van der Waals surface area contributed by atoms with Gasteiger partial charge >= 0.3 is 0 Å². The van der Waals surface area contributed by atoms with Crippen LogP contribution in [0.1, 0.15) is 25.0 Å². The van der Waals surface area contributed by atoms with Gasteiger partial charge in [-0.15, -0.1) is 0 Å². The highest BCUT2D eigenvalue weighted by Crippen LogP contribution is 2.41. The molecule has 2 rings (SSSR count). The van der Waals surface area contributed by atoms with E-state index in [9.17, 15) is 9.90 Å². The summed E-state index contributed by atoms with van der Waals surface area (Å²) in [5.74, 6) is 0.540. The van der Waals surface area contributed by atoms with E-state index in [2.05, 4.69) is 0 Å². The van der Waals surface area contributed by atoms with Crippen molar-refractivity contribution in [3.05, 3.63) is 29.3 Å². The lowest BCUT2D eigenvalue weighted by molar-refractivity contribution is -0.104. The number of carbonyl (C=O) groups excluding carboxylic acids is 1. The number of ether oxygens (including phenoxy) is 2. The average Bonchev–Trinajstić information content (AvgIpc) is 2.97. The Kier molecular flexibility index (Phi) is 3.62. The van der Waals surface area contributed by atoms with Gasteiger partial charge in [0.05, 0.1) is 18.8 Å². The van der Waals surface area contributed by atoms with E-state index >= 15 is 0 Å². The Labute approximate surface area is 112 Å². The second-order valence-electron chi connectivity index (χ2n) is 5.14. The summed E-state index contributed by atoms with van der Waals surface area (Å²) >= 11 is 0. The fourth-order valence-electron chi connectivity index (χ4n) is 2.07. The minimum atomic E-state index is -0.131. The highest BCUT2D eigenvalue weighted by atomic mass is 16.6. The lowest BCUT2D eigenvalue weighted by Crippen LogP contribution is -2.06. The molecule has 1 saturated heterocycles. The van der Waals surface area contributed by atoms with Gasteiger partial charge in [0.25, 0.3) is 0 Å². The Morgan fingerprint density at radius 3 is 2.68 bits per heavy atom. The molecule has 1 heterocycles. The Balaban J connectivity index is 2.30. The quantitative estimate of drug-likeness (QED) is 0.502. The molecule has 0 unspecified atom stereocenters. The van der Waals surface area contributed by atoms with Gasteiger partial charge in [0.1, 0.15) is 6.29 Å². The molecule has 1 aromatic carbocycles. The van der Waals surface area contributed by atoms with Crippen molar-refractivity contribution in [2.75, 3.05) is 7.11 Å². The van der Waals surface area contributed by atoms with Gasteiger partial charge in [0.2, 0.25) is 0 Å². The van der Waals surface area contributed by atoms with Gasteiger partial charge in [0, 0.05) is 12.0 Å². The number of carbonyl (C=O) groups is 1. The van der Waals surface area contributed by atoms with Gasteiger partial charge in [-0.25, -0.2) is 0 Å². The zero-order valence-corrected chi connectivity index (χ0v) is 11.3. The first-order chi connectivity index (χ1) is 8.97. The predicted molar refractivity (Wildman–Crippen MR) is 72.4 cm³/mol. The summed E-state index contributed by atoms with van der Waals surface area (Å²) in [4.78, 5) is 10.4. The van der Waals surface area contributed by atoms with Crippen LogP contribution in [0.3, 0.4) is 0 Å². The van der Waals surface area contributed by atoms with E-state index in [-0.39, 0.29) is 17.5 Å². The smallest absolute Gasteiger partial charge is 0.161 e. The monoisotopic (exact) mass is 262 g/mol. The van der Waals surface area contributed by atoms with Crippen LogP contribution in [0, 0.1) is 0 Å². The Hall–Kier alpha value is -1.81. The van der Waals surface area contributed by atoms with Crippen molar-refractivity contribution in [2.24, 2.45) is 0 Å². The van der Waals surface area contributed by atoms with E-state index in [1.165, 1.54) is 13.2 Å². The summed E-state index contributed by atoms with van der Waals surface area (Å²) in [5, 5.41) is 10.1. The number of epoxide rings is 1. The van der Waals surface area contributed by atoms with Crippen molar-refractivity contribution in [3.8, 4) is 11.5 Å². The maximum atomic E-state index is 10.4. The van der Waals surface area contributed by atoms with E-state index in [0.29, 0.717) is 18.5 Å². The number of methoxy groups -OCH3 is 1. The third-order valence-electron chi connectivity index (χ3n) is 3.33. The van der Waals surface area contributed by atoms with Crippen LogP contribution in [0.2, 0.25) is 0 Å². The SMILES string of the molecule is COc1cc(/C=C/C=O)cc(C[C@H]2OC2(C)C)c1O. The molecular weight excluding hydrogens is 244 g/mol. The van der Waals surface area contributed by atoms with Crippen molar-refractivity contribution in [1.82, 2.24) is 0 Å². The van der Waals surface area contributed by atoms with Crippen LogP contribution in [0.15, 0.2) is 18.2 Å². The second-order valence-corrected chi connectivity index (χ2v) is 5.14. The molecule has 0 amide bonds. The molecule has 1 aliphatic heterocycles. The molecule has 0 radical (unpaired) electrons. The van der Waals surface area contributed by atoms with Crippen LogP contribution in [-0.4, -0.2) is 30.2 Å². The minimum absolute atomic E-state index is 0.105. The number of allylic oxidation sites excluding steroid dienone is 1. The summed E-state index contributed by atoms with van der Waals surface area (Å²) in [6.07, 6.45) is 4.53. The first-order valence-electron chi connectivity index (χ1n) is 6.17. The van der Waals surface area contributed by atoms with E-state index in [4.69, 9.17) is 9.47 Å². The standard InChI is InChI=1S/C15H18O4/c1-15(2)13(19-15)9-11-7-10(5-4-6-16)8-12(18-3)14(11)17/h4-8,13,17H,9H2,1-3H3/b5-4+/t13-/m1/s1. The normalized spacial score (nSPS) is 20.5. The average molecular weight is 262 g/mol. The van der Waals surface area contributed by atoms with Crippen LogP contribution in [0.25, 0.3) is 6.08 Å². The van der Waals surface area contributed by atoms with Crippen LogP contribution >= 0.6 is 0 Å². The summed E-state index contributed by atoms with van der Waals surface area (Å²) in [7, 11) is 1.50. The van der Waals surface area contributed by atoms with Gasteiger partial charge in [0.15, 0.2) is 11.5 Å². The lowest BCUT2D eigenvalue weighted by atomic mass is 9.99. The summed E-state index contributed by atoms with van der Waals surface area (Å²) < 4.78 is 10.7. The molecule has 1 atom stereocenters. The van der Waals surface area contributed by atoms with Gasteiger partial charge in [-0.1, -0.05) is 6.08 Å². The van der Waals surface area contributed by atoms with Gasteiger partial charge in [-0.3, -0.25) is 4.79 Å². The van der Waals surface area contributed by atoms with Gasteiger partial charge < -0.3 is 14.6 Å². The van der Waals surface area contributed by atoms with Gasteiger partial charge in [-0.05, 0) is 37.6 Å². The van der Waals surface area contributed by atoms with Crippen molar-refractivity contribution in [3.63, 3.8) is 0 Å². The minimum Gasteiger partial charge on any atom is -0.504 e. The molecule has 1 aliphatic rings. The fourth-order valence-corrected chi connectivity index (χ4v) is 2.07. The molecule has 1 aromatic rings. The number of rotatable bonds is 5. The maximum absolute atomic E-state index is 10.4. The number of hydrogen-bond donors (Lipinski definition) is 1. The number of hydrogen-bond acceptors (Lipinski definition) is 4.